The van der Waals surface area contributed by atoms with E-state index in [1.807, 2.05) is 13.8 Å². The van der Waals surface area contributed by atoms with Gasteiger partial charge in [-0.2, -0.15) is 0 Å². The molecule has 4 aliphatic rings. The van der Waals surface area contributed by atoms with E-state index in [4.69, 9.17) is 0 Å². The van der Waals surface area contributed by atoms with Crippen molar-refractivity contribution >= 4 is 0 Å². The predicted octanol–water partition coefficient (Wildman–Crippen LogP) is 5.13. The molecule has 4 fully saturated rings. The lowest BCUT2D eigenvalue weighted by Gasteiger charge is -2.58. The lowest BCUT2D eigenvalue weighted by molar-refractivity contribution is -0.0811. The van der Waals surface area contributed by atoms with Gasteiger partial charge in [0.1, 0.15) is 0 Å². The molecule has 94 valence electrons. The zero-order valence-electron chi connectivity index (χ0n) is 11.9. The molecule has 0 unspecified atom stereocenters. The first-order valence-corrected chi connectivity index (χ1v) is 7.54. The summed E-state index contributed by atoms with van der Waals surface area (Å²) in [5, 5.41) is 0. The molecule has 0 spiro atoms. The third-order valence-electron chi connectivity index (χ3n) is 5.23. The molecule has 0 radical (unpaired) electrons. The summed E-state index contributed by atoms with van der Waals surface area (Å²) in [6.07, 6.45) is 7.90. The largest absolute Gasteiger partial charge is 0.0683 e. The van der Waals surface area contributed by atoms with Gasteiger partial charge in [0.15, 0.2) is 0 Å². The van der Waals surface area contributed by atoms with Crippen LogP contribution >= 0.6 is 0 Å². The smallest absolute Gasteiger partial charge is 0.0308 e. The third-order valence-corrected chi connectivity index (χ3v) is 5.23. The van der Waals surface area contributed by atoms with E-state index in [1.165, 1.54) is 0 Å². The molecule has 0 aromatic carbocycles. The second-order valence-electron chi connectivity index (χ2n) is 7.32. The molecule has 0 heteroatoms. The molecular formula is C16H30. The van der Waals surface area contributed by atoms with E-state index >= 15 is 0 Å². The lowest BCUT2D eigenvalue weighted by atomic mass is 9.47. The lowest BCUT2D eigenvalue weighted by Crippen LogP contribution is -2.49. The van der Waals surface area contributed by atoms with Crippen molar-refractivity contribution in [3.63, 3.8) is 0 Å². The first kappa shape index (κ1) is 12.5. The topological polar surface area (TPSA) is 0 Å². The van der Waals surface area contributed by atoms with Gasteiger partial charge >= 0.3 is 0 Å². The summed E-state index contributed by atoms with van der Waals surface area (Å²) < 4.78 is 0. The molecule has 0 aromatic rings. The SMILES string of the molecule is CC.CC(C)(C)C1C2CC3CC(C2)CC1C3. The molecule has 16 heavy (non-hydrogen) atoms. The molecule has 0 saturated heterocycles. The highest BCUT2D eigenvalue weighted by Gasteiger charge is 2.51. The summed E-state index contributed by atoms with van der Waals surface area (Å²) in [6, 6.07) is 0. The minimum Gasteiger partial charge on any atom is -0.0683 e. The van der Waals surface area contributed by atoms with Gasteiger partial charge in [-0.05, 0) is 67.1 Å². The molecule has 4 rings (SSSR count). The Bertz CT molecular complexity index is 205. The van der Waals surface area contributed by atoms with Crippen LogP contribution in [0, 0.1) is 35.0 Å². The Kier molecular flexibility index (Phi) is 3.39. The quantitative estimate of drug-likeness (QED) is 0.533. The molecule has 4 aliphatic carbocycles. The zero-order chi connectivity index (χ0) is 11.9. The Hall–Kier alpha value is 0. The van der Waals surface area contributed by atoms with E-state index in [0.717, 1.165) is 29.6 Å². The second kappa shape index (κ2) is 4.35. The van der Waals surface area contributed by atoms with E-state index in [-0.39, 0.29) is 0 Å². The summed E-state index contributed by atoms with van der Waals surface area (Å²) in [7, 11) is 0. The van der Waals surface area contributed by atoms with Crippen LogP contribution in [0.1, 0.15) is 66.7 Å². The minimum absolute atomic E-state index is 0.572. The van der Waals surface area contributed by atoms with E-state index in [9.17, 15) is 0 Å². The van der Waals surface area contributed by atoms with Crippen molar-refractivity contribution in [1.29, 1.82) is 0 Å². The molecule has 0 N–H and O–H groups in total. The summed E-state index contributed by atoms with van der Waals surface area (Å²) in [5.41, 5.74) is 0.572. The van der Waals surface area contributed by atoms with Crippen molar-refractivity contribution in [2.75, 3.05) is 0 Å². The maximum Gasteiger partial charge on any atom is -0.0308 e. The van der Waals surface area contributed by atoms with Gasteiger partial charge in [0, 0.05) is 0 Å². The van der Waals surface area contributed by atoms with Gasteiger partial charge in [-0.3, -0.25) is 0 Å². The van der Waals surface area contributed by atoms with Crippen LogP contribution in [0.2, 0.25) is 0 Å². The molecule has 0 amide bonds. The van der Waals surface area contributed by atoms with E-state index in [0.29, 0.717) is 5.41 Å². The molecule has 0 atom stereocenters. The van der Waals surface area contributed by atoms with Crippen molar-refractivity contribution in [2.24, 2.45) is 35.0 Å². The van der Waals surface area contributed by atoms with Crippen LogP contribution in [-0.2, 0) is 0 Å². The van der Waals surface area contributed by atoms with Crippen molar-refractivity contribution in [1.82, 2.24) is 0 Å². The van der Waals surface area contributed by atoms with Crippen LogP contribution in [0.5, 0.6) is 0 Å². The minimum atomic E-state index is 0.572. The Morgan fingerprint density at radius 3 is 1.38 bits per heavy atom. The van der Waals surface area contributed by atoms with E-state index in [1.54, 1.807) is 32.1 Å². The fraction of sp³-hybridized carbons (Fsp3) is 1.00. The van der Waals surface area contributed by atoms with Gasteiger partial charge in [-0.25, -0.2) is 0 Å². The summed E-state index contributed by atoms with van der Waals surface area (Å²) in [5.74, 6) is 5.53. The third kappa shape index (κ3) is 2.05. The monoisotopic (exact) mass is 222 g/mol. The maximum absolute atomic E-state index is 2.47. The Morgan fingerprint density at radius 1 is 0.688 bits per heavy atom. The second-order valence-corrected chi connectivity index (χ2v) is 7.32. The Balaban J connectivity index is 0.000000457. The van der Waals surface area contributed by atoms with Crippen molar-refractivity contribution in [3.05, 3.63) is 0 Å². The number of rotatable bonds is 0. The highest BCUT2D eigenvalue weighted by atomic mass is 14.6. The fourth-order valence-electron chi connectivity index (χ4n) is 5.34. The fourth-order valence-corrected chi connectivity index (χ4v) is 5.34. The van der Waals surface area contributed by atoms with Gasteiger partial charge in [-0.1, -0.05) is 34.6 Å². The van der Waals surface area contributed by atoms with Gasteiger partial charge < -0.3 is 0 Å². The highest BCUT2D eigenvalue weighted by Crippen LogP contribution is 2.60. The highest BCUT2D eigenvalue weighted by molar-refractivity contribution is 5.01. The molecule has 4 saturated carbocycles. The van der Waals surface area contributed by atoms with Gasteiger partial charge in [0.05, 0.1) is 0 Å². The summed E-state index contributed by atoms with van der Waals surface area (Å²) >= 11 is 0. The first-order valence-electron chi connectivity index (χ1n) is 7.54. The summed E-state index contributed by atoms with van der Waals surface area (Å²) in [6.45, 7) is 11.4. The Labute approximate surface area is 102 Å². The van der Waals surface area contributed by atoms with Crippen LogP contribution < -0.4 is 0 Å². The molecule has 0 heterocycles. The normalized spacial score (nSPS) is 45.2. The molecule has 4 bridgehead atoms. The van der Waals surface area contributed by atoms with Crippen LogP contribution in [-0.4, -0.2) is 0 Å². The molecule has 0 aliphatic heterocycles. The number of hydrogen-bond acceptors (Lipinski definition) is 0. The summed E-state index contributed by atoms with van der Waals surface area (Å²) in [4.78, 5) is 0. The predicted molar refractivity (Wildman–Crippen MR) is 71.3 cm³/mol. The number of hydrogen-bond donors (Lipinski definition) is 0. The average molecular weight is 222 g/mol. The van der Waals surface area contributed by atoms with E-state index < -0.39 is 0 Å². The van der Waals surface area contributed by atoms with Gasteiger partial charge in [0.25, 0.3) is 0 Å². The maximum atomic E-state index is 2.47. The Morgan fingerprint density at radius 2 is 1.06 bits per heavy atom. The van der Waals surface area contributed by atoms with Crippen LogP contribution in [0.15, 0.2) is 0 Å². The molecular weight excluding hydrogens is 192 g/mol. The first-order chi connectivity index (χ1) is 7.54. The standard InChI is InChI=1S/C14H24.C2H6/c1-14(2,3)13-11-5-9-4-10(7-11)8-12(13)6-9;1-2/h9-13H,4-8H2,1-3H3;1-2H3. The van der Waals surface area contributed by atoms with Crippen LogP contribution in [0.3, 0.4) is 0 Å². The van der Waals surface area contributed by atoms with E-state index in [2.05, 4.69) is 20.8 Å². The average Bonchev–Trinajstić information content (AvgIpc) is 2.16. The van der Waals surface area contributed by atoms with Gasteiger partial charge in [-0.15, -0.1) is 0 Å². The van der Waals surface area contributed by atoms with Crippen LogP contribution in [0.25, 0.3) is 0 Å². The molecule has 0 nitrogen and oxygen atoms in total. The van der Waals surface area contributed by atoms with Crippen molar-refractivity contribution < 1.29 is 0 Å². The molecule has 0 aromatic heterocycles. The van der Waals surface area contributed by atoms with Gasteiger partial charge in [0.2, 0.25) is 0 Å². The van der Waals surface area contributed by atoms with Crippen LogP contribution in [0.4, 0.5) is 0 Å². The van der Waals surface area contributed by atoms with Crippen molar-refractivity contribution in [2.45, 2.75) is 66.7 Å². The zero-order valence-corrected chi connectivity index (χ0v) is 11.9. The van der Waals surface area contributed by atoms with Crippen molar-refractivity contribution in [3.8, 4) is 0 Å².